The van der Waals surface area contributed by atoms with Gasteiger partial charge in [-0.1, -0.05) is 23.2 Å². The molecule has 130 valence electrons. The molecule has 2 aliphatic rings. The molecule has 0 bridgehead atoms. The minimum absolute atomic E-state index is 0.0868. The van der Waals surface area contributed by atoms with E-state index in [4.69, 9.17) is 23.2 Å². The molecule has 24 heavy (non-hydrogen) atoms. The zero-order valence-electron chi connectivity index (χ0n) is 13.2. The van der Waals surface area contributed by atoms with Gasteiger partial charge in [-0.25, -0.2) is 0 Å². The van der Waals surface area contributed by atoms with E-state index in [-0.39, 0.29) is 23.8 Å². The average molecular weight is 371 g/mol. The Morgan fingerprint density at radius 3 is 2.50 bits per heavy atom. The summed E-state index contributed by atoms with van der Waals surface area (Å²) in [4.78, 5) is 26.5. The molecular weight excluding hydrogens is 351 g/mol. The smallest absolute Gasteiger partial charge is 0.249 e. The number of rotatable bonds is 3. The highest BCUT2D eigenvalue weighted by molar-refractivity contribution is 6.42. The van der Waals surface area contributed by atoms with E-state index >= 15 is 0 Å². The molecule has 1 unspecified atom stereocenters. The number of hydrogen-bond acceptors (Lipinski definition) is 3. The van der Waals surface area contributed by atoms with Crippen molar-refractivity contribution in [2.45, 2.75) is 44.2 Å². The third kappa shape index (κ3) is 3.68. The Kier molecular flexibility index (Phi) is 5.33. The largest absolute Gasteiger partial charge is 0.393 e. The molecule has 1 aliphatic heterocycles. The van der Waals surface area contributed by atoms with Gasteiger partial charge >= 0.3 is 0 Å². The molecule has 5 nitrogen and oxygen atoms in total. The van der Waals surface area contributed by atoms with Gasteiger partial charge in [0.15, 0.2) is 0 Å². The molecule has 3 rings (SSSR count). The lowest BCUT2D eigenvalue weighted by molar-refractivity contribution is -0.130. The van der Waals surface area contributed by atoms with E-state index in [0.29, 0.717) is 54.4 Å². The number of halogens is 2. The molecule has 1 saturated carbocycles. The fraction of sp³-hybridized carbons (Fsp3) is 0.529. The Morgan fingerprint density at radius 1 is 1.12 bits per heavy atom. The number of benzene rings is 1. The first-order chi connectivity index (χ1) is 11.5. The van der Waals surface area contributed by atoms with Gasteiger partial charge in [-0.3, -0.25) is 9.59 Å². The monoisotopic (exact) mass is 370 g/mol. The van der Waals surface area contributed by atoms with Crippen LogP contribution in [-0.2, 0) is 9.59 Å². The standard InChI is InChI=1S/C17H20Cl2N2O3/c18-13-6-3-11(9-14(13)19)21-8-7-15(17(21)24)20-16(23)10-1-4-12(22)5-2-10/h3,6,9-10,12,15,22H,1-2,4-5,7-8H2,(H,20,23). The van der Waals surface area contributed by atoms with E-state index in [2.05, 4.69) is 5.32 Å². The number of nitrogens with zero attached hydrogens (tertiary/aromatic N) is 1. The number of aliphatic hydroxyl groups excluding tert-OH is 1. The van der Waals surface area contributed by atoms with Gasteiger partial charge in [-0.2, -0.15) is 0 Å². The van der Waals surface area contributed by atoms with E-state index in [1.165, 1.54) is 0 Å². The molecule has 0 spiro atoms. The Morgan fingerprint density at radius 2 is 1.83 bits per heavy atom. The first kappa shape index (κ1) is 17.5. The van der Waals surface area contributed by atoms with Crippen molar-refractivity contribution < 1.29 is 14.7 Å². The van der Waals surface area contributed by atoms with Crippen molar-refractivity contribution in [1.82, 2.24) is 5.32 Å². The summed E-state index contributed by atoms with van der Waals surface area (Å²) >= 11 is 11.9. The maximum absolute atomic E-state index is 12.6. The van der Waals surface area contributed by atoms with Gasteiger partial charge in [0.2, 0.25) is 11.8 Å². The van der Waals surface area contributed by atoms with Crippen LogP contribution in [-0.4, -0.2) is 35.6 Å². The lowest BCUT2D eigenvalue weighted by atomic mass is 9.87. The summed E-state index contributed by atoms with van der Waals surface area (Å²) in [5.74, 6) is -0.325. The minimum Gasteiger partial charge on any atom is -0.393 e. The first-order valence-electron chi connectivity index (χ1n) is 8.20. The van der Waals surface area contributed by atoms with Crippen molar-refractivity contribution in [2.75, 3.05) is 11.4 Å². The quantitative estimate of drug-likeness (QED) is 0.859. The number of amides is 2. The van der Waals surface area contributed by atoms with Crippen molar-refractivity contribution in [3.05, 3.63) is 28.2 Å². The normalized spacial score (nSPS) is 27.4. The highest BCUT2D eigenvalue weighted by Crippen LogP contribution is 2.30. The van der Waals surface area contributed by atoms with E-state index in [1.54, 1.807) is 23.1 Å². The van der Waals surface area contributed by atoms with Gasteiger partial charge in [-0.05, 0) is 50.3 Å². The Balaban J connectivity index is 1.61. The second kappa shape index (κ2) is 7.30. The second-order valence-electron chi connectivity index (χ2n) is 6.44. The summed E-state index contributed by atoms with van der Waals surface area (Å²) in [5, 5.41) is 13.2. The zero-order chi connectivity index (χ0) is 17.3. The van der Waals surface area contributed by atoms with E-state index in [0.717, 1.165) is 0 Å². The van der Waals surface area contributed by atoms with Crippen LogP contribution in [0.4, 0.5) is 5.69 Å². The van der Waals surface area contributed by atoms with E-state index in [1.807, 2.05) is 0 Å². The van der Waals surface area contributed by atoms with Gasteiger partial charge in [-0.15, -0.1) is 0 Å². The molecule has 7 heteroatoms. The van der Waals surface area contributed by atoms with Crippen molar-refractivity contribution in [3.63, 3.8) is 0 Å². The molecule has 1 aliphatic carbocycles. The van der Waals surface area contributed by atoms with Crippen LogP contribution in [0.2, 0.25) is 10.0 Å². The van der Waals surface area contributed by atoms with Gasteiger partial charge in [0, 0.05) is 18.2 Å². The SMILES string of the molecule is O=C(NC1CCN(c2ccc(Cl)c(Cl)c2)C1=O)C1CCC(O)CC1. The second-order valence-corrected chi connectivity index (χ2v) is 7.26. The Labute approximate surface area is 150 Å². The van der Waals surface area contributed by atoms with Crippen LogP contribution in [0.25, 0.3) is 0 Å². The Bertz CT molecular complexity index is 645. The highest BCUT2D eigenvalue weighted by atomic mass is 35.5. The van der Waals surface area contributed by atoms with Crippen LogP contribution in [0.1, 0.15) is 32.1 Å². The molecule has 0 aromatic heterocycles. The number of nitrogens with one attached hydrogen (secondary N) is 1. The first-order valence-corrected chi connectivity index (χ1v) is 8.96. The molecular formula is C17H20Cl2N2O3. The van der Waals surface area contributed by atoms with Gasteiger partial charge < -0.3 is 15.3 Å². The molecule has 2 fully saturated rings. The topological polar surface area (TPSA) is 69.6 Å². The molecule has 1 atom stereocenters. The fourth-order valence-electron chi connectivity index (χ4n) is 3.35. The molecule has 2 amide bonds. The van der Waals surface area contributed by atoms with E-state index < -0.39 is 6.04 Å². The van der Waals surface area contributed by atoms with Crippen molar-refractivity contribution in [1.29, 1.82) is 0 Å². The summed E-state index contributed by atoms with van der Waals surface area (Å²) in [7, 11) is 0. The Hall–Kier alpha value is -1.30. The number of carbonyl (C=O) groups excluding carboxylic acids is 2. The predicted octanol–water partition coefficient (Wildman–Crippen LogP) is 2.77. The number of hydrogen-bond donors (Lipinski definition) is 2. The zero-order valence-corrected chi connectivity index (χ0v) is 14.7. The minimum atomic E-state index is -0.501. The summed E-state index contributed by atoms with van der Waals surface area (Å²) in [6.45, 7) is 0.533. The molecule has 0 radical (unpaired) electrons. The van der Waals surface area contributed by atoms with Gasteiger partial charge in [0.1, 0.15) is 6.04 Å². The third-order valence-corrected chi connectivity index (χ3v) is 5.54. The molecule has 1 aromatic carbocycles. The van der Waals surface area contributed by atoms with Crippen molar-refractivity contribution in [2.24, 2.45) is 5.92 Å². The molecule has 1 aromatic rings. The fourth-order valence-corrected chi connectivity index (χ4v) is 3.64. The highest BCUT2D eigenvalue weighted by Gasteiger charge is 2.35. The van der Waals surface area contributed by atoms with Crippen LogP contribution in [0.3, 0.4) is 0 Å². The van der Waals surface area contributed by atoms with E-state index in [9.17, 15) is 14.7 Å². The third-order valence-electron chi connectivity index (χ3n) is 4.80. The molecule has 1 heterocycles. The van der Waals surface area contributed by atoms with Crippen LogP contribution in [0, 0.1) is 5.92 Å². The number of aliphatic hydroxyl groups is 1. The van der Waals surface area contributed by atoms with Crippen molar-refractivity contribution >= 4 is 40.7 Å². The predicted molar refractivity (Wildman–Crippen MR) is 93.3 cm³/mol. The molecule has 1 saturated heterocycles. The summed E-state index contributed by atoms with van der Waals surface area (Å²) < 4.78 is 0. The molecule has 2 N–H and O–H groups in total. The maximum Gasteiger partial charge on any atom is 0.249 e. The summed E-state index contributed by atoms with van der Waals surface area (Å²) in [5.41, 5.74) is 0.687. The summed E-state index contributed by atoms with van der Waals surface area (Å²) in [6.07, 6.45) is 2.90. The van der Waals surface area contributed by atoms with Gasteiger partial charge in [0.25, 0.3) is 0 Å². The van der Waals surface area contributed by atoms with Crippen LogP contribution in [0.15, 0.2) is 18.2 Å². The van der Waals surface area contributed by atoms with Gasteiger partial charge in [0.05, 0.1) is 16.1 Å². The lowest BCUT2D eigenvalue weighted by Crippen LogP contribution is -2.44. The van der Waals surface area contributed by atoms with Crippen LogP contribution < -0.4 is 10.2 Å². The maximum atomic E-state index is 12.6. The van der Waals surface area contributed by atoms with Crippen molar-refractivity contribution in [3.8, 4) is 0 Å². The van der Waals surface area contributed by atoms with Crippen LogP contribution in [0.5, 0.6) is 0 Å². The van der Waals surface area contributed by atoms with Crippen LogP contribution >= 0.6 is 23.2 Å². The summed E-state index contributed by atoms with van der Waals surface area (Å²) in [6, 6.07) is 4.57. The lowest BCUT2D eigenvalue weighted by Gasteiger charge is -2.25. The average Bonchev–Trinajstić information content (AvgIpc) is 2.91. The number of anilines is 1. The number of carbonyl (C=O) groups is 2.